The Morgan fingerprint density at radius 2 is 2.10 bits per heavy atom. The van der Waals surface area contributed by atoms with Crippen LogP contribution in [0.4, 0.5) is 5.82 Å². The Kier molecular flexibility index (Phi) is 4.52. The van der Waals surface area contributed by atoms with Crippen molar-refractivity contribution in [2.75, 3.05) is 18.5 Å². The van der Waals surface area contributed by atoms with Crippen LogP contribution in [0.3, 0.4) is 0 Å². The first-order valence-electron chi connectivity index (χ1n) is 7.63. The fourth-order valence-electron chi connectivity index (χ4n) is 2.26. The summed E-state index contributed by atoms with van der Waals surface area (Å²) in [6.45, 7) is 9.83. The minimum absolute atomic E-state index is 0.0637. The third kappa shape index (κ3) is 3.94. The second-order valence-electron chi connectivity index (χ2n) is 6.81. The van der Waals surface area contributed by atoms with Crippen LogP contribution in [-0.4, -0.2) is 28.9 Å². The van der Waals surface area contributed by atoms with Gasteiger partial charge in [-0.1, -0.05) is 20.8 Å². The maximum atomic E-state index is 12.7. The van der Waals surface area contributed by atoms with Gasteiger partial charge in [-0.05, 0) is 37.8 Å². The topological polar surface area (TPSA) is 71.2 Å². The summed E-state index contributed by atoms with van der Waals surface area (Å²) in [6, 6.07) is 3.62. The van der Waals surface area contributed by atoms with Gasteiger partial charge in [-0.3, -0.25) is 4.79 Å². The van der Waals surface area contributed by atoms with Gasteiger partial charge in [-0.15, -0.1) is 0 Å². The van der Waals surface area contributed by atoms with Gasteiger partial charge < -0.3 is 10.3 Å². The van der Waals surface area contributed by atoms with E-state index in [4.69, 9.17) is 5.84 Å². The molecule has 0 radical (unpaired) electrons. The first kappa shape index (κ1) is 15.8. The van der Waals surface area contributed by atoms with Crippen LogP contribution >= 0.6 is 0 Å². The number of carbonyl (C=O) groups excluding carboxylic acids is 1. The summed E-state index contributed by atoms with van der Waals surface area (Å²) in [7, 11) is 0. The highest BCUT2D eigenvalue weighted by Gasteiger charge is 2.27. The Hall–Kier alpha value is -1.62. The Bertz CT molecular complexity index is 517. The lowest BCUT2D eigenvalue weighted by Gasteiger charge is -2.23. The Balaban J connectivity index is 2.30. The molecule has 1 aromatic heterocycles. The molecule has 3 N–H and O–H groups in total. The van der Waals surface area contributed by atoms with Gasteiger partial charge in [0.2, 0.25) is 0 Å². The molecule has 0 spiro atoms. The van der Waals surface area contributed by atoms with Crippen molar-refractivity contribution in [1.29, 1.82) is 0 Å². The SMILES string of the molecule is CCN(CC1CC1)C(=O)c1cc(NN)nc(C(C)(C)C)c1. The van der Waals surface area contributed by atoms with Crippen molar-refractivity contribution in [3.05, 3.63) is 23.4 Å². The zero-order valence-electron chi connectivity index (χ0n) is 13.4. The predicted molar refractivity (Wildman–Crippen MR) is 85.0 cm³/mol. The molecule has 1 aromatic rings. The molecule has 1 amide bonds. The molecule has 0 aliphatic heterocycles. The van der Waals surface area contributed by atoms with E-state index in [-0.39, 0.29) is 11.3 Å². The number of aromatic nitrogens is 1. The molecule has 2 rings (SSSR count). The fraction of sp³-hybridized carbons (Fsp3) is 0.625. The van der Waals surface area contributed by atoms with Crippen LogP contribution in [0.25, 0.3) is 0 Å². The number of nitrogens with zero attached hydrogens (tertiary/aromatic N) is 2. The molecule has 0 saturated heterocycles. The number of pyridine rings is 1. The number of nitrogens with one attached hydrogen (secondary N) is 1. The largest absolute Gasteiger partial charge is 0.339 e. The zero-order valence-corrected chi connectivity index (χ0v) is 13.4. The number of hydrogen-bond donors (Lipinski definition) is 2. The summed E-state index contributed by atoms with van der Waals surface area (Å²) in [6.07, 6.45) is 2.48. The molecule has 5 heteroatoms. The average molecular weight is 290 g/mol. The van der Waals surface area contributed by atoms with Crippen LogP contribution < -0.4 is 11.3 Å². The molecule has 1 aliphatic carbocycles. The second kappa shape index (κ2) is 6.02. The summed E-state index contributed by atoms with van der Waals surface area (Å²) in [5.74, 6) is 6.78. The fourth-order valence-corrected chi connectivity index (χ4v) is 2.26. The lowest BCUT2D eigenvalue weighted by atomic mass is 9.90. The van der Waals surface area contributed by atoms with Crippen LogP contribution in [0.2, 0.25) is 0 Å². The number of hydrazine groups is 1. The molecular weight excluding hydrogens is 264 g/mol. The van der Waals surface area contributed by atoms with Crippen molar-refractivity contribution in [2.24, 2.45) is 11.8 Å². The zero-order chi connectivity index (χ0) is 15.6. The molecule has 0 bridgehead atoms. The maximum Gasteiger partial charge on any atom is 0.254 e. The number of amides is 1. The number of hydrogen-bond acceptors (Lipinski definition) is 4. The van der Waals surface area contributed by atoms with E-state index in [1.54, 1.807) is 6.07 Å². The third-order valence-corrected chi connectivity index (χ3v) is 3.83. The van der Waals surface area contributed by atoms with E-state index < -0.39 is 0 Å². The van der Waals surface area contributed by atoms with Gasteiger partial charge in [0, 0.05) is 29.8 Å². The summed E-state index contributed by atoms with van der Waals surface area (Å²) < 4.78 is 0. The molecular formula is C16H26N4O. The first-order valence-corrected chi connectivity index (χ1v) is 7.63. The number of rotatable bonds is 5. The van der Waals surface area contributed by atoms with Crippen molar-refractivity contribution < 1.29 is 4.79 Å². The minimum Gasteiger partial charge on any atom is -0.339 e. The van der Waals surface area contributed by atoms with E-state index in [1.165, 1.54) is 12.8 Å². The normalized spacial score (nSPS) is 14.9. The van der Waals surface area contributed by atoms with Crippen LogP contribution in [0.1, 0.15) is 56.6 Å². The number of carbonyl (C=O) groups is 1. The number of nitrogen functional groups attached to an aromatic ring is 1. The van der Waals surface area contributed by atoms with Crippen LogP contribution in [0.15, 0.2) is 12.1 Å². The van der Waals surface area contributed by atoms with Crippen LogP contribution in [0, 0.1) is 5.92 Å². The van der Waals surface area contributed by atoms with Crippen molar-refractivity contribution in [3.63, 3.8) is 0 Å². The molecule has 1 heterocycles. The molecule has 1 saturated carbocycles. The van der Waals surface area contributed by atoms with Crippen molar-refractivity contribution >= 4 is 11.7 Å². The summed E-state index contributed by atoms with van der Waals surface area (Å²) in [5, 5.41) is 0. The highest BCUT2D eigenvalue weighted by atomic mass is 16.2. The van der Waals surface area contributed by atoms with Crippen LogP contribution in [-0.2, 0) is 5.41 Å². The minimum atomic E-state index is -0.130. The third-order valence-electron chi connectivity index (χ3n) is 3.83. The van der Waals surface area contributed by atoms with Gasteiger partial charge in [0.25, 0.3) is 5.91 Å². The van der Waals surface area contributed by atoms with Gasteiger partial charge in [0.15, 0.2) is 0 Å². The van der Waals surface area contributed by atoms with Gasteiger partial charge in [-0.2, -0.15) is 0 Å². The molecule has 116 valence electrons. The summed E-state index contributed by atoms with van der Waals surface area (Å²) in [5.41, 5.74) is 3.96. The maximum absolute atomic E-state index is 12.7. The summed E-state index contributed by atoms with van der Waals surface area (Å²) >= 11 is 0. The van der Waals surface area contributed by atoms with Gasteiger partial charge in [0.05, 0.1) is 0 Å². The Morgan fingerprint density at radius 3 is 2.57 bits per heavy atom. The lowest BCUT2D eigenvalue weighted by Crippen LogP contribution is -2.33. The Morgan fingerprint density at radius 1 is 1.43 bits per heavy atom. The van der Waals surface area contributed by atoms with E-state index in [2.05, 4.69) is 31.2 Å². The van der Waals surface area contributed by atoms with Crippen LogP contribution in [0.5, 0.6) is 0 Å². The van der Waals surface area contributed by atoms with Crippen molar-refractivity contribution in [3.8, 4) is 0 Å². The molecule has 0 atom stereocenters. The molecule has 21 heavy (non-hydrogen) atoms. The van der Waals surface area contributed by atoms with E-state index >= 15 is 0 Å². The van der Waals surface area contributed by atoms with E-state index in [1.807, 2.05) is 17.9 Å². The molecule has 0 unspecified atom stereocenters. The number of nitrogens with two attached hydrogens (primary N) is 1. The van der Waals surface area contributed by atoms with E-state index in [0.717, 1.165) is 18.8 Å². The smallest absolute Gasteiger partial charge is 0.254 e. The molecule has 1 aliphatic rings. The quantitative estimate of drug-likeness (QED) is 0.646. The lowest BCUT2D eigenvalue weighted by molar-refractivity contribution is 0.0756. The first-order chi connectivity index (χ1) is 9.85. The van der Waals surface area contributed by atoms with E-state index in [0.29, 0.717) is 17.3 Å². The monoisotopic (exact) mass is 290 g/mol. The van der Waals surface area contributed by atoms with Gasteiger partial charge in [-0.25, -0.2) is 10.8 Å². The second-order valence-corrected chi connectivity index (χ2v) is 6.81. The molecule has 5 nitrogen and oxygen atoms in total. The van der Waals surface area contributed by atoms with Gasteiger partial charge in [0.1, 0.15) is 5.82 Å². The molecule has 1 fully saturated rings. The highest BCUT2D eigenvalue weighted by molar-refractivity contribution is 5.95. The van der Waals surface area contributed by atoms with Gasteiger partial charge >= 0.3 is 0 Å². The predicted octanol–water partition coefficient (Wildman–Crippen LogP) is 2.54. The van der Waals surface area contributed by atoms with E-state index in [9.17, 15) is 4.79 Å². The standard InChI is InChI=1S/C16H26N4O/c1-5-20(10-11-6-7-11)15(21)12-8-13(16(2,3)4)18-14(9-12)19-17/h8-9,11H,5-7,10,17H2,1-4H3,(H,18,19). The number of anilines is 1. The van der Waals surface area contributed by atoms with Crippen molar-refractivity contribution in [2.45, 2.75) is 46.0 Å². The highest BCUT2D eigenvalue weighted by Crippen LogP contribution is 2.30. The average Bonchev–Trinajstić information content (AvgIpc) is 3.26. The van der Waals surface area contributed by atoms with Crippen molar-refractivity contribution in [1.82, 2.24) is 9.88 Å². The Labute approximate surface area is 126 Å². The summed E-state index contributed by atoms with van der Waals surface area (Å²) in [4.78, 5) is 19.1. The molecule has 0 aromatic carbocycles.